The topological polar surface area (TPSA) is 32.3 Å². The largest absolute Gasteiger partial charge is 0.323 e. The number of halogens is 3. The van der Waals surface area contributed by atoms with E-state index in [-0.39, 0.29) is 23.3 Å². The Labute approximate surface area is 150 Å². The molecule has 2 aromatic rings. The highest BCUT2D eigenvalue weighted by atomic mass is 35.5. The molecule has 1 fully saturated rings. The average Bonchev–Trinajstić information content (AvgIpc) is 2.60. The zero-order chi connectivity index (χ0) is 17.8. The van der Waals surface area contributed by atoms with Crippen molar-refractivity contribution in [3.63, 3.8) is 0 Å². The number of carbonyl (C=O) groups excluding carboxylic acids is 1. The fourth-order valence-corrected chi connectivity index (χ4v) is 3.20. The fourth-order valence-electron chi connectivity index (χ4n) is 3.04. The van der Waals surface area contributed by atoms with Crippen molar-refractivity contribution in [1.82, 2.24) is 4.90 Å². The van der Waals surface area contributed by atoms with Gasteiger partial charge in [-0.3, -0.25) is 9.69 Å². The first kappa shape index (κ1) is 17.8. The van der Waals surface area contributed by atoms with Crippen molar-refractivity contribution in [3.05, 3.63) is 64.7 Å². The Morgan fingerprint density at radius 1 is 1.12 bits per heavy atom. The maximum atomic E-state index is 13.9. The number of piperidine rings is 1. The third kappa shape index (κ3) is 4.55. The summed E-state index contributed by atoms with van der Waals surface area (Å²) in [4.78, 5) is 14.4. The zero-order valence-electron chi connectivity index (χ0n) is 13.6. The lowest BCUT2D eigenvalue weighted by molar-refractivity contribution is -0.121. The van der Waals surface area contributed by atoms with Crippen molar-refractivity contribution in [2.24, 2.45) is 5.92 Å². The molecule has 0 aliphatic carbocycles. The van der Waals surface area contributed by atoms with Gasteiger partial charge in [0, 0.05) is 23.0 Å². The molecular formula is C19H19ClF2N2O. The van der Waals surface area contributed by atoms with E-state index in [2.05, 4.69) is 10.2 Å². The molecular weight excluding hydrogens is 346 g/mol. The van der Waals surface area contributed by atoms with Gasteiger partial charge in [-0.25, -0.2) is 8.78 Å². The number of hydrogen-bond acceptors (Lipinski definition) is 2. The van der Waals surface area contributed by atoms with Crippen LogP contribution in [0.2, 0.25) is 5.02 Å². The molecule has 3 nitrogen and oxygen atoms in total. The third-order valence-corrected chi connectivity index (χ3v) is 4.73. The van der Waals surface area contributed by atoms with Crippen molar-refractivity contribution in [2.75, 3.05) is 18.4 Å². The number of nitrogens with one attached hydrogen (secondary N) is 1. The highest BCUT2D eigenvalue weighted by molar-refractivity contribution is 6.30. The van der Waals surface area contributed by atoms with Gasteiger partial charge in [0.05, 0.1) is 5.69 Å². The summed E-state index contributed by atoms with van der Waals surface area (Å²) >= 11 is 5.77. The molecule has 0 unspecified atom stereocenters. The van der Waals surface area contributed by atoms with E-state index in [1.807, 2.05) is 0 Å². The lowest BCUT2D eigenvalue weighted by Crippen LogP contribution is -2.38. The molecule has 0 radical (unpaired) electrons. The van der Waals surface area contributed by atoms with Crippen LogP contribution in [0.4, 0.5) is 14.5 Å². The van der Waals surface area contributed by atoms with Gasteiger partial charge in [-0.1, -0.05) is 29.8 Å². The van der Waals surface area contributed by atoms with Crippen molar-refractivity contribution >= 4 is 23.2 Å². The van der Waals surface area contributed by atoms with Crippen LogP contribution in [-0.4, -0.2) is 23.9 Å². The summed E-state index contributed by atoms with van der Waals surface area (Å²) in [5.41, 5.74) is 0.803. The molecule has 1 saturated heterocycles. The summed E-state index contributed by atoms with van der Waals surface area (Å²) in [5, 5.41) is 3.03. The van der Waals surface area contributed by atoms with Crippen molar-refractivity contribution in [2.45, 2.75) is 19.4 Å². The van der Waals surface area contributed by atoms with Gasteiger partial charge < -0.3 is 5.32 Å². The van der Waals surface area contributed by atoms with E-state index >= 15 is 0 Å². The third-order valence-electron chi connectivity index (χ3n) is 4.50. The maximum Gasteiger partial charge on any atom is 0.227 e. The van der Waals surface area contributed by atoms with Crippen LogP contribution in [0.25, 0.3) is 0 Å². The van der Waals surface area contributed by atoms with Gasteiger partial charge in [-0.2, -0.15) is 0 Å². The first-order chi connectivity index (χ1) is 12.0. The summed E-state index contributed by atoms with van der Waals surface area (Å²) in [6, 6.07) is 10.8. The van der Waals surface area contributed by atoms with Crippen LogP contribution in [0.3, 0.4) is 0 Å². The highest BCUT2D eigenvalue weighted by Gasteiger charge is 2.25. The van der Waals surface area contributed by atoms with E-state index < -0.39 is 5.82 Å². The molecule has 0 saturated carbocycles. The van der Waals surface area contributed by atoms with Crippen LogP contribution >= 0.6 is 11.6 Å². The molecule has 0 spiro atoms. The predicted octanol–water partition coefficient (Wildman–Crippen LogP) is 4.47. The van der Waals surface area contributed by atoms with Crippen LogP contribution in [0.1, 0.15) is 18.4 Å². The molecule has 1 amide bonds. The van der Waals surface area contributed by atoms with E-state index in [0.717, 1.165) is 0 Å². The fraction of sp³-hybridized carbons (Fsp3) is 0.316. The van der Waals surface area contributed by atoms with Gasteiger partial charge in [0.15, 0.2) is 0 Å². The van der Waals surface area contributed by atoms with Crippen LogP contribution in [0.15, 0.2) is 42.5 Å². The predicted molar refractivity (Wildman–Crippen MR) is 94.4 cm³/mol. The van der Waals surface area contributed by atoms with Gasteiger partial charge in [-0.15, -0.1) is 0 Å². The molecule has 1 heterocycles. The second-order valence-corrected chi connectivity index (χ2v) is 6.69. The van der Waals surface area contributed by atoms with Crippen molar-refractivity contribution in [1.29, 1.82) is 0 Å². The Hall–Kier alpha value is -1.98. The van der Waals surface area contributed by atoms with Gasteiger partial charge in [0.2, 0.25) is 5.91 Å². The van der Waals surface area contributed by atoms with Crippen LogP contribution in [0.5, 0.6) is 0 Å². The number of para-hydroxylation sites is 1. The van der Waals surface area contributed by atoms with Gasteiger partial charge >= 0.3 is 0 Å². The number of amides is 1. The number of likely N-dealkylation sites (tertiary alicyclic amines) is 1. The number of hydrogen-bond donors (Lipinski definition) is 1. The summed E-state index contributed by atoms with van der Waals surface area (Å²) < 4.78 is 27.5. The average molecular weight is 365 g/mol. The van der Waals surface area contributed by atoms with Gasteiger partial charge in [0.1, 0.15) is 11.6 Å². The SMILES string of the molecule is O=C(Nc1ccccc1F)C1CCN(Cc2ccc(Cl)cc2F)CC1. The Balaban J connectivity index is 1.53. The molecule has 3 rings (SSSR count). The number of nitrogens with zero attached hydrogens (tertiary/aromatic N) is 1. The van der Waals surface area contributed by atoms with E-state index in [9.17, 15) is 13.6 Å². The quantitative estimate of drug-likeness (QED) is 0.868. The molecule has 0 atom stereocenters. The molecule has 6 heteroatoms. The number of anilines is 1. The summed E-state index contributed by atoms with van der Waals surface area (Å²) in [5.74, 6) is -1.08. The Bertz CT molecular complexity index is 761. The van der Waals surface area contributed by atoms with E-state index in [1.165, 1.54) is 12.1 Å². The van der Waals surface area contributed by atoms with Crippen LogP contribution in [-0.2, 0) is 11.3 Å². The molecule has 0 bridgehead atoms. The van der Waals surface area contributed by atoms with Gasteiger partial charge in [0.25, 0.3) is 0 Å². The lowest BCUT2D eigenvalue weighted by Gasteiger charge is -2.31. The minimum atomic E-state index is -0.438. The zero-order valence-corrected chi connectivity index (χ0v) is 14.4. The Morgan fingerprint density at radius 2 is 1.84 bits per heavy atom. The molecule has 1 aliphatic rings. The minimum Gasteiger partial charge on any atom is -0.323 e. The molecule has 0 aromatic heterocycles. The van der Waals surface area contributed by atoms with E-state index in [4.69, 9.17) is 11.6 Å². The summed E-state index contributed by atoms with van der Waals surface area (Å²) in [6.45, 7) is 1.87. The second-order valence-electron chi connectivity index (χ2n) is 6.26. The first-order valence-corrected chi connectivity index (χ1v) is 8.62. The Morgan fingerprint density at radius 3 is 2.52 bits per heavy atom. The van der Waals surface area contributed by atoms with Gasteiger partial charge in [-0.05, 0) is 50.2 Å². The normalized spacial score (nSPS) is 16.0. The van der Waals surface area contributed by atoms with Crippen molar-refractivity contribution < 1.29 is 13.6 Å². The van der Waals surface area contributed by atoms with Crippen LogP contribution in [0, 0.1) is 17.6 Å². The second kappa shape index (κ2) is 7.93. The van der Waals surface area contributed by atoms with E-state index in [0.29, 0.717) is 43.1 Å². The molecule has 2 aromatic carbocycles. The molecule has 1 N–H and O–H groups in total. The summed E-state index contributed by atoms with van der Waals surface area (Å²) in [7, 11) is 0. The summed E-state index contributed by atoms with van der Waals surface area (Å²) in [6.07, 6.45) is 1.32. The molecule has 1 aliphatic heterocycles. The van der Waals surface area contributed by atoms with Crippen LogP contribution < -0.4 is 5.32 Å². The maximum absolute atomic E-state index is 13.9. The standard InChI is InChI=1S/C19H19ClF2N2O/c20-15-6-5-14(17(22)11-15)12-24-9-7-13(8-10-24)19(25)23-18-4-2-1-3-16(18)21/h1-6,11,13H,7-10,12H2,(H,23,25). The minimum absolute atomic E-state index is 0.161. The Kier molecular flexibility index (Phi) is 5.66. The molecule has 25 heavy (non-hydrogen) atoms. The smallest absolute Gasteiger partial charge is 0.227 e. The lowest BCUT2D eigenvalue weighted by atomic mass is 9.95. The number of benzene rings is 2. The first-order valence-electron chi connectivity index (χ1n) is 8.24. The number of rotatable bonds is 4. The van der Waals surface area contributed by atoms with E-state index in [1.54, 1.807) is 30.3 Å². The van der Waals surface area contributed by atoms with Crippen molar-refractivity contribution in [3.8, 4) is 0 Å². The number of carbonyl (C=O) groups is 1. The highest BCUT2D eigenvalue weighted by Crippen LogP contribution is 2.23. The molecule has 132 valence electrons. The monoisotopic (exact) mass is 364 g/mol.